The molecule has 4 aliphatic rings. The first-order valence-electron chi connectivity index (χ1n) is 31.4. The van der Waals surface area contributed by atoms with Crippen molar-refractivity contribution in [1.82, 2.24) is 29.8 Å². The summed E-state index contributed by atoms with van der Waals surface area (Å²) in [6.45, 7) is 40.5. The number of hydrogen-bond donors (Lipinski definition) is 4. The Morgan fingerprint density at radius 1 is 0.830 bits per heavy atom. The van der Waals surface area contributed by atoms with Crippen LogP contribution in [0.15, 0.2) is 68.7 Å². The van der Waals surface area contributed by atoms with Crippen LogP contribution in [-0.4, -0.2) is 93.9 Å². The molecule has 15 nitrogen and oxygen atoms in total. The molecule has 0 radical (unpaired) electrons. The summed E-state index contributed by atoms with van der Waals surface area (Å²) >= 11 is 1.64. The number of hydrogen-bond acceptors (Lipinski definition) is 11. The minimum absolute atomic E-state index is 0. The molecule has 5 N–H and O–H groups in total. The number of aryl methyl sites for hydroxylation is 4. The Kier molecular flexibility index (Phi) is 37.5. The number of allylic oxidation sites excluding steroid dienone is 6. The number of aliphatic hydroxyl groups is 2. The maximum Gasteiger partial charge on any atom is 2.00 e. The molecule has 0 spiro atoms. The number of carbonyl (C=O) groups is 1. The molecular weight excluding hydrogens is 1220 g/mol. The van der Waals surface area contributed by atoms with Gasteiger partial charge in [-0.05, 0) is 121 Å². The quantitative estimate of drug-likeness (QED) is 0.0336. The molecule has 4 aromatic rings. The number of fused-ring (bicyclic) bond motifs is 8. The van der Waals surface area contributed by atoms with Gasteiger partial charge in [-0.3, -0.25) is 9.78 Å². The average molecular weight is 1330 g/mol. The molecule has 1 amide bonds. The molecule has 8 bridgehead atoms. The molecule has 1 fully saturated rings. The van der Waals surface area contributed by atoms with Gasteiger partial charge in [-0.15, -0.1) is 52.3 Å². The van der Waals surface area contributed by atoms with Crippen LogP contribution in [0.1, 0.15) is 216 Å². The van der Waals surface area contributed by atoms with Crippen LogP contribution in [0.25, 0.3) is 50.7 Å². The van der Waals surface area contributed by atoms with Crippen LogP contribution in [0, 0.1) is 33.2 Å². The van der Waals surface area contributed by atoms with E-state index in [1.165, 1.54) is 51.0 Å². The predicted octanol–water partition coefficient (Wildman–Crippen LogP) is 15.9. The average Bonchev–Trinajstić information content (AvgIpc) is 2.21. The van der Waals surface area contributed by atoms with Crippen LogP contribution in [0.3, 0.4) is 0 Å². The Morgan fingerprint density at radius 2 is 1.45 bits per heavy atom. The van der Waals surface area contributed by atoms with Gasteiger partial charge in [-0.2, -0.15) is 10.8 Å². The fraction of sp³-hybridized carbons (Fsp3) is 0.543. The van der Waals surface area contributed by atoms with Gasteiger partial charge in [0.05, 0.1) is 47.3 Å². The molecule has 0 aliphatic carbocycles. The number of aromatic nitrogens is 5. The summed E-state index contributed by atoms with van der Waals surface area (Å²) in [6.07, 6.45) is 14.0. The third kappa shape index (κ3) is 21.9. The van der Waals surface area contributed by atoms with Gasteiger partial charge in [0.25, 0.3) is 0 Å². The number of amides is 1. The smallest absolute Gasteiger partial charge is 0.690 e. The first-order valence-corrected chi connectivity index (χ1v) is 32.5. The Bertz CT molecular complexity index is 3250. The second kappa shape index (κ2) is 40.7. The fourth-order valence-electron chi connectivity index (χ4n) is 10.3. The third-order valence-corrected chi connectivity index (χ3v) is 16.7. The number of nitrogens with two attached hydrogens (primary N) is 1. The van der Waals surface area contributed by atoms with Crippen LogP contribution in [0.2, 0.25) is 0 Å². The number of thioether (sulfide) groups is 1. The van der Waals surface area contributed by atoms with Crippen molar-refractivity contribution in [3.63, 3.8) is 0 Å². The second-order valence-corrected chi connectivity index (χ2v) is 23.1. The van der Waals surface area contributed by atoms with Gasteiger partial charge in [0, 0.05) is 49.8 Å². The van der Waals surface area contributed by atoms with E-state index < -0.39 is 0 Å². The number of nitrogens with one attached hydrogen (secondary N) is 1. The Hall–Kier alpha value is -4.92. The maximum absolute atomic E-state index is 10.4. The molecule has 18 heteroatoms. The van der Waals surface area contributed by atoms with E-state index in [9.17, 15) is 9.90 Å². The minimum Gasteiger partial charge on any atom is -0.690 e. The van der Waals surface area contributed by atoms with E-state index in [0.29, 0.717) is 24.5 Å². The summed E-state index contributed by atoms with van der Waals surface area (Å²) in [7, 11) is 3.56. The standard InChI is InChI=1S/C29H32N4.C23H32N6.C11H21NO4S.C3H8.2C2H6.2Zn/c1-8-20-18(6)27-14-29-21(9-2)17(5)26(32-29)12-22-15(3)10-24(30-22)19(7)25-11-16(4)23(31-25)13-28(20)33-27;1-8-17(26-7)10-19-13(3)14(4)20(27-19)12-23-18(9-2)15(5)21(28-23)11-22(29-25)16(6)24;1-12(8-14)3-2-4-17-11-6-9(15)5-10(7-13)16-11;1-3-2;2*1-2;;/h11-15H,8-10H2,1-7H3;10-12,16,25H,8-9,24H2,1-7H3;8-11,13,15H,2-7H2,1H3;3H2,1-2H3;2*1-2H3;;/q2*-2;;;;;2*+2/b;17-10-,20-12-,22-11-,29-25?;;;;;;. The molecule has 4 aliphatic heterocycles. The Balaban J connectivity index is 0.000000646. The zero-order valence-corrected chi connectivity index (χ0v) is 64.4. The SMILES string of the molecule is CC.CC.CC/C(=C/C1=NC(=C\c2[n-]c(/C=C(\N=N)C(C)N)c(C)c2CC)/C(C)=C1C)[N-]C.CCC.CCC1=C(C)c2cc3[n-]c(cc4nc(c(C)c5cc(C)c(cc1n2)[n-]5)CC4C)c(C)c3CC.CN(C=O)CCCSC1CC(O)CC(CO)O1.[Zn+2].[Zn+2]. The van der Waals surface area contributed by atoms with Crippen LogP contribution in [0.5, 0.6) is 0 Å². The van der Waals surface area contributed by atoms with Gasteiger partial charge < -0.3 is 45.9 Å². The molecule has 0 aromatic carbocycles. The molecule has 5 unspecified atom stereocenters. The zero-order valence-electron chi connectivity index (χ0n) is 57.6. The maximum atomic E-state index is 10.4. The van der Waals surface area contributed by atoms with Crippen molar-refractivity contribution in [2.45, 2.75) is 219 Å². The molecule has 0 saturated carbocycles. The minimum atomic E-state index is -0.379. The van der Waals surface area contributed by atoms with Crippen LogP contribution in [-0.2, 0) is 67.7 Å². The van der Waals surface area contributed by atoms with Crippen LogP contribution < -0.4 is 20.7 Å². The molecule has 5 atom stereocenters. The van der Waals surface area contributed by atoms with Gasteiger partial charge in [0.15, 0.2) is 0 Å². The van der Waals surface area contributed by atoms with Crippen molar-refractivity contribution >= 4 is 69.2 Å². The van der Waals surface area contributed by atoms with Gasteiger partial charge in [-0.25, -0.2) is 15.5 Å². The second-order valence-electron chi connectivity index (χ2n) is 21.8. The first-order chi connectivity index (χ1) is 41.1. The van der Waals surface area contributed by atoms with E-state index in [1.807, 2.05) is 47.7 Å². The van der Waals surface area contributed by atoms with Gasteiger partial charge >= 0.3 is 39.0 Å². The number of rotatable bonds is 17. The van der Waals surface area contributed by atoms with Gasteiger partial charge in [0.2, 0.25) is 6.41 Å². The van der Waals surface area contributed by atoms with Crippen molar-refractivity contribution in [3.05, 3.63) is 131 Å². The Morgan fingerprint density at radius 3 is 2.02 bits per heavy atom. The zero-order chi connectivity index (χ0) is 64.5. The van der Waals surface area contributed by atoms with E-state index in [0.717, 1.165) is 142 Å². The van der Waals surface area contributed by atoms with Crippen LogP contribution in [0.4, 0.5) is 0 Å². The molecule has 88 heavy (non-hydrogen) atoms. The molecule has 1 saturated heterocycles. The van der Waals surface area contributed by atoms with Crippen LogP contribution >= 0.6 is 11.8 Å². The summed E-state index contributed by atoms with van der Waals surface area (Å²) in [5.74, 6) is 1.25. The summed E-state index contributed by atoms with van der Waals surface area (Å²) < 4.78 is 5.61. The van der Waals surface area contributed by atoms with E-state index in [2.05, 4.69) is 144 Å². The third-order valence-electron chi connectivity index (χ3n) is 15.5. The number of aliphatic imine (C=N–C) groups is 1. The van der Waals surface area contributed by atoms with E-state index in [4.69, 9.17) is 51.0 Å². The van der Waals surface area contributed by atoms with E-state index >= 15 is 0 Å². The van der Waals surface area contributed by atoms with Crippen molar-refractivity contribution in [3.8, 4) is 0 Å². The van der Waals surface area contributed by atoms with Gasteiger partial charge in [-0.1, -0.05) is 159 Å². The molecule has 8 heterocycles. The number of nitrogens with zero attached hydrogens (tertiary/aromatic N) is 9. The van der Waals surface area contributed by atoms with Crippen molar-refractivity contribution in [2.24, 2.45) is 15.8 Å². The fourth-order valence-corrected chi connectivity index (χ4v) is 11.4. The summed E-state index contributed by atoms with van der Waals surface area (Å²) in [5.41, 5.74) is 38.8. The van der Waals surface area contributed by atoms with Crippen molar-refractivity contribution < 1.29 is 58.7 Å². The summed E-state index contributed by atoms with van der Waals surface area (Å²) in [5, 5.41) is 26.5. The van der Waals surface area contributed by atoms with Gasteiger partial charge in [0.1, 0.15) is 5.44 Å². The normalized spacial score (nSPS) is 17.8. The predicted molar refractivity (Wildman–Crippen MR) is 365 cm³/mol. The molecular formula is C70H105N11O4SZn2. The molecule has 474 valence electrons. The first kappa shape index (κ1) is 81.1. The summed E-state index contributed by atoms with van der Waals surface area (Å²) in [4.78, 5) is 41.8. The summed E-state index contributed by atoms with van der Waals surface area (Å²) in [6, 6.07) is 8.40. The topological polar surface area (TPSA) is 227 Å². The van der Waals surface area contributed by atoms with Crippen molar-refractivity contribution in [2.75, 3.05) is 33.0 Å². The van der Waals surface area contributed by atoms with E-state index in [-0.39, 0.29) is 69.2 Å². The number of ether oxygens (including phenoxy) is 1. The van der Waals surface area contributed by atoms with Crippen molar-refractivity contribution in [1.29, 1.82) is 5.53 Å². The Labute approximate surface area is 558 Å². The number of aliphatic hydroxyl groups excluding tert-OH is 2. The monoisotopic (exact) mass is 1320 g/mol. The largest absolute Gasteiger partial charge is 2.00 e. The molecule has 4 aromatic heterocycles. The van der Waals surface area contributed by atoms with E-state index in [1.54, 1.807) is 23.7 Å². The number of carbonyl (C=O) groups excluding carboxylic acids is 1. The molecule has 8 rings (SSSR count).